The van der Waals surface area contributed by atoms with E-state index in [4.69, 9.17) is 0 Å². The van der Waals surface area contributed by atoms with Crippen LogP contribution in [0.5, 0.6) is 0 Å². The van der Waals surface area contributed by atoms with Crippen LogP contribution in [-0.2, 0) is 16.0 Å². The monoisotopic (exact) mass is 268 g/mol. The number of hydrogen-bond donors (Lipinski definition) is 1. The average Bonchev–Trinajstić information content (AvgIpc) is 2.36. The van der Waals surface area contributed by atoms with Gasteiger partial charge in [-0.2, -0.15) is 0 Å². The number of aryl methyl sites for hydroxylation is 1. The zero-order chi connectivity index (χ0) is 12.3. The fourth-order valence-electron chi connectivity index (χ4n) is 1.58. The fourth-order valence-corrected chi connectivity index (χ4v) is 1.58. The van der Waals surface area contributed by atoms with Gasteiger partial charge in [-0.25, -0.2) is 4.98 Å². The zero-order valence-corrected chi connectivity index (χ0v) is 10.6. The summed E-state index contributed by atoms with van der Waals surface area (Å²) in [7, 11) is 1.33. The molecule has 0 aliphatic heterocycles. The van der Waals surface area contributed by atoms with E-state index in [1.54, 1.807) is 18.2 Å². The van der Waals surface area contributed by atoms with Gasteiger partial charge in [-0.1, -0.05) is 12.1 Å². The number of carbonyl (C=O) groups is 1. The van der Waals surface area contributed by atoms with Crippen molar-refractivity contribution in [3.8, 4) is 0 Å². The Kier molecular flexibility index (Phi) is 4.85. The van der Waals surface area contributed by atoms with Crippen LogP contribution in [0.3, 0.4) is 0 Å². The highest BCUT2D eigenvalue weighted by atomic mass is 35.5. The van der Waals surface area contributed by atoms with Crippen LogP contribution in [-0.4, -0.2) is 23.0 Å². The number of nitrogens with zero attached hydrogens (tertiary/aromatic N) is 1. The number of methoxy groups -OCH3 is 1. The van der Waals surface area contributed by atoms with Gasteiger partial charge in [-0.05, 0) is 12.1 Å². The first-order chi connectivity index (χ1) is 8.20. The Bertz CT molecular complexity index is 610. The van der Waals surface area contributed by atoms with Crippen LogP contribution in [0, 0.1) is 0 Å². The number of H-pyrrole nitrogens is 1. The average molecular weight is 269 g/mol. The molecule has 0 saturated heterocycles. The summed E-state index contributed by atoms with van der Waals surface area (Å²) in [5.74, 6) is 0.180. The number of esters is 1. The number of fused-ring (bicyclic) bond motifs is 1. The van der Waals surface area contributed by atoms with E-state index >= 15 is 0 Å². The quantitative estimate of drug-likeness (QED) is 0.855. The molecule has 0 saturated carbocycles. The Morgan fingerprint density at radius 3 is 2.83 bits per heavy atom. The standard InChI is InChI=1S/C12H12N2O3.ClH/c1-17-11(15)7-6-10-13-9-5-3-2-4-8(9)12(16)14-10;/h2-5H,6-7H2,1H3,(H,13,14,16);1H. The second-order valence-corrected chi connectivity index (χ2v) is 3.61. The maximum absolute atomic E-state index is 11.7. The molecule has 0 aliphatic carbocycles. The number of hydrogen-bond acceptors (Lipinski definition) is 4. The predicted octanol–water partition coefficient (Wildman–Crippen LogP) is 1.45. The van der Waals surface area contributed by atoms with Crippen molar-refractivity contribution in [2.45, 2.75) is 12.8 Å². The highest BCUT2D eigenvalue weighted by Gasteiger charge is 2.06. The lowest BCUT2D eigenvalue weighted by molar-refractivity contribution is -0.140. The molecule has 0 spiro atoms. The third kappa shape index (κ3) is 3.07. The van der Waals surface area contributed by atoms with Gasteiger partial charge in [0.25, 0.3) is 5.56 Å². The van der Waals surface area contributed by atoms with Gasteiger partial charge in [0.05, 0.1) is 24.4 Å². The minimum absolute atomic E-state index is 0. The number of ether oxygens (including phenoxy) is 1. The van der Waals surface area contributed by atoms with Crippen molar-refractivity contribution in [3.63, 3.8) is 0 Å². The minimum atomic E-state index is -0.319. The largest absolute Gasteiger partial charge is 0.469 e. The summed E-state index contributed by atoms with van der Waals surface area (Å²) in [5.41, 5.74) is 0.451. The molecule has 1 aromatic carbocycles. The summed E-state index contributed by atoms with van der Waals surface area (Å²) in [5, 5.41) is 0.550. The summed E-state index contributed by atoms with van der Waals surface area (Å²) in [6.45, 7) is 0. The second-order valence-electron chi connectivity index (χ2n) is 3.61. The lowest BCUT2D eigenvalue weighted by atomic mass is 10.2. The molecule has 5 nitrogen and oxygen atoms in total. The molecular weight excluding hydrogens is 256 g/mol. The highest BCUT2D eigenvalue weighted by molar-refractivity contribution is 5.85. The van der Waals surface area contributed by atoms with Gasteiger partial charge < -0.3 is 9.72 Å². The molecule has 0 amide bonds. The number of para-hydroxylation sites is 1. The van der Waals surface area contributed by atoms with E-state index in [0.717, 1.165) is 0 Å². The molecule has 1 aromatic heterocycles. The van der Waals surface area contributed by atoms with Gasteiger partial charge >= 0.3 is 5.97 Å². The minimum Gasteiger partial charge on any atom is -0.469 e. The normalized spacial score (nSPS) is 9.83. The molecule has 96 valence electrons. The molecule has 18 heavy (non-hydrogen) atoms. The maximum atomic E-state index is 11.7. The smallest absolute Gasteiger partial charge is 0.305 e. The summed E-state index contributed by atoms with van der Waals surface area (Å²) >= 11 is 0. The third-order valence-corrected chi connectivity index (χ3v) is 2.46. The van der Waals surface area contributed by atoms with Crippen molar-refractivity contribution in [1.82, 2.24) is 9.97 Å². The van der Waals surface area contributed by atoms with Crippen molar-refractivity contribution < 1.29 is 9.53 Å². The maximum Gasteiger partial charge on any atom is 0.305 e. The molecule has 0 unspecified atom stereocenters. The van der Waals surface area contributed by atoms with Crippen molar-refractivity contribution in [1.29, 1.82) is 0 Å². The molecule has 6 heteroatoms. The van der Waals surface area contributed by atoms with Gasteiger partial charge in [0, 0.05) is 6.42 Å². The SMILES string of the molecule is COC(=O)CCc1nc2ccccc2c(=O)[nH]1.Cl. The molecule has 2 aromatic rings. The topological polar surface area (TPSA) is 72.0 Å². The molecule has 2 rings (SSSR count). The Hall–Kier alpha value is -1.88. The number of carbonyl (C=O) groups excluding carboxylic acids is 1. The summed E-state index contributed by atoms with van der Waals surface area (Å²) in [6.07, 6.45) is 0.574. The third-order valence-electron chi connectivity index (χ3n) is 2.46. The lowest BCUT2D eigenvalue weighted by Gasteiger charge is -2.02. The Balaban J connectivity index is 0.00000162. The van der Waals surface area contributed by atoms with E-state index in [1.807, 2.05) is 6.07 Å². The Morgan fingerprint density at radius 1 is 1.39 bits per heavy atom. The Labute approximate surface area is 110 Å². The number of aromatic amines is 1. The fraction of sp³-hybridized carbons (Fsp3) is 0.250. The van der Waals surface area contributed by atoms with Crippen molar-refractivity contribution in [3.05, 3.63) is 40.4 Å². The van der Waals surface area contributed by atoms with Gasteiger partial charge in [-0.3, -0.25) is 9.59 Å². The number of aromatic nitrogens is 2. The van der Waals surface area contributed by atoms with Crippen LogP contribution in [0.1, 0.15) is 12.2 Å². The van der Waals surface area contributed by atoms with E-state index in [9.17, 15) is 9.59 Å². The van der Waals surface area contributed by atoms with Crippen LogP contribution < -0.4 is 5.56 Å². The first-order valence-corrected chi connectivity index (χ1v) is 5.25. The van der Waals surface area contributed by atoms with Crippen LogP contribution >= 0.6 is 12.4 Å². The zero-order valence-electron chi connectivity index (χ0n) is 9.80. The number of halogens is 1. The first kappa shape index (κ1) is 14.2. The van der Waals surface area contributed by atoms with Crippen molar-refractivity contribution in [2.75, 3.05) is 7.11 Å². The molecular formula is C12H13ClN2O3. The highest BCUT2D eigenvalue weighted by Crippen LogP contribution is 2.06. The summed E-state index contributed by atoms with van der Waals surface area (Å²) in [6, 6.07) is 7.09. The molecule has 0 radical (unpaired) electrons. The van der Waals surface area contributed by atoms with Gasteiger partial charge in [0.2, 0.25) is 0 Å². The van der Waals surface area contributed by atoms with Crippen LogP contribution in [0.25, 0.3) is 10.9 Å². The Morgan fingerprint density at radius 2 is 2.11 bits per heavy atom. The van der Waals surface area contributed by atoms with Crippen LogP contribution in [0.4, 0.5) is 0 Å². The molecule has 0 bridgehead atoms. The second kappa shape index (κ2) is 6.16. The summed E-state index contributed by atoms with van der Waals surface area (Å²) in [4.78, 5) is 29.6. The molecule has 0 fully saturated rings. The van der Waals surface area contributed by atoms with E-state index < -0.39 is 0 Å². The van der Waals surface area contributed by atoms with Gasteiger partial charge in [0.15, 0.2) is 0 Å². The van der Waals surface area contributed by atoms with E-state index in [2.05, 4.69) is 14.7 Å². The van der Waals surface area contributed by atoms with Gasteiger partial charge in [0.1, 0.15) is 5.82 Å². The molecule has 1 heterocycles. The summed E-state index contributed by atoms with van der Waals surface area (Å²) < 4.78 is 4.53. The predicted molar refractivity (Wildman–Crippen MR) is 69.9 cm³/mol. The van der Waals surface area contributed by atoms with Crippen LogP contribution in [0.2, 0.25) is 0 Å². The van der Waals surface area contributed by atoms with Crippen molar-refractivity contribution in [2.24, 2.45) is 0 Å². The van der Waals surface area contributed by atoms with E-state index in [-0.39, 0.29) is 30.4 Å². The van der Waals surface area contributed by atoms with Gasteiger partial charge in [-0.15, -0.1) is 12.4 Å². The number of benzene rings is 1. The van der Waals surface area contributed by atoms with Crippen LogP contribution in [0.15, 0.2) is 29.1 Å². The number of rotatable bonds is 3. The molecule has 0 aliphatic rings. The lowest BCUT2D eigenvalue weighted by Crippen LogP contribution is -2.13. The van der Waals surface area contributed by atoms with Crippen molar-refractivity contribution >= 4 is 29.3 Å². The molecule has 1 N–H and O–H groups in total. The first-order valence-electron chi connectivity index (χ1n) is 5.25. The van der Waals surface area contributed by atoms with E-state index in [0.29, 0.717) is 23.1 Å². The molecule has 0 atom stereocenters. The van der Waals surface area contributed by atoms with E-state index in [1.165, 1.54) is 7.11 Å². The number of nitrogens with one attached hydrogen (secondary N) is 1.